The summed E-state index contributed by atoms with van der Waals surface area (Å²) >= 11 is 0. The molecular weight excluding hydrogens is 306 g/mol. The standard InChI is InChI=1S/C18H19N3O3/c1-20(12-13-23-16-10-6-3-7-11-16)14-21-18(22)24-17(19-21)15-8-4-2-5-9-15/h2-11H,12-14H2,1H3. The molecule has 6 nitrogen and oxygen atoms in total. The molecule has 3 rings (SSSR count). The van der Waals surface area contributed by atoms with Crippen LogP contribution < -0.4 is 10.5 Å². The topological polar surface area (TPSA) is 60.5 Å². The van der Waals surface area contributed by atoms with E-state index in [4.69, 9.17) is 9.15 Å². The minimum absolute atomic E-state index is 0.328. The summed E-state index contributed by atoms with van der Waals surface area (Å²) in [4.78, 5) is 13.9. The summed E-state index contributed by atoms with van der Waals surface area (Å²) in [5, 5.41) is 4.24. The van der Waals surface area contributed by atoms with Gasteiger partial charge in [-0.1, -0.05) is 36.4 Å². The lowest BCUT2D eigenvalue weighted by Crippen LogP contribution is -2.31. The number of para-hydroxylation sites is 1. The molecule has 1 heterocycles. The quantitative estimate of drug-likeness (QED) is 0.668. The molecule has 6 heteroatoms. The lowest BCUT2D eigenvalue weighted by atomic mass is 10.2. The number of hydrogen-bond acceptors (Lipinski definition) is 5. The third-order valence-electron chi connectivity index (χ3n) is 3.49. The van der Waals surface area contributed by atoms with E-state index in [-0.39, 0.29) is 0 Å². The molecule has 0 aliphatic carbocycles. The first-order valence-electron chi connectivity index (χ1n) is 7.72. The molecule has 0 amide bonds. The number of benzene rings is 2. The summed E-state index contributed by atoms with van der Waals surface area (Å²) < 4.78 is 12.2. The Morgan fingerprint density at radius 3 is 2.46 bits per heavy atom. The molecule has 0 saturated carbocycles. The van der Waals surface area contributed by atoms with Crippen LogP contribution in [0.5, 0.6) is 5.75 Å². The fourth-order valence-corrected chi connectivity index (χ4v) is 2.23. The van der Waals surface area contributed by atoms with Crippen molar-refractivity contribution in [2.24, 2.45) is 0 Å². The van der Waals surface area contributed by atoms with E-state index in [0.717, 1.165) is 11.3 Å². The number of aromatic nitrogens is 2. The Bertz CT molecular complexity index is 812. The first kappa shape index (κ1) is 16.0. The van der Waals surface area contributed by atoms with Crippen molar-refractivity contribution in [1.82, 2.24) is 14.7 Å². The van der Waals surface area contributed by atoms with Crippen molar-refractivity contribution in [2.75, 3.05) is 20.2 Å². The SMILES string of the molecule is CN(CCOc1ccccc1)Cn1nc(-c2ccccc2)oc1=O. The van der Waals surface area contributed by atoms with Crippen LogP contribution in [0.1, 0.15) is 0 Å². The van der Waals surface area contributed by atoms with Crippen LogP contribution in [-0.2, 0) is 6.67 Å². The lowest BCUT2D eigenvalue weighted by Gasteiger charge is -2.15. The minimum Gasteiger partial charge on any atom is -0.492 e. The number of nitrogens with zero attached hydrogens (tertiary/aromatic N) is 3. The summed E-state index contributed by atoms with van der Waals surface area (Å²) in [5.41, 5.74) is 0.781. The predicted octanol–water partition coefficient (Wildman–Crippen LogP) is 2.47. The fraction of sp³-hybridized carbons (Fsp3) is 0.222. The zero-order valence-electron chi connectivity index (χ0n) is 13.5. The molecule has 0 unspecified atom stereocenters. The van der Waals surface area contributed by atoms with Crippen molar-refractivity contribution in [3.05, 3.63) is 71.2 Å². The Balaban J connectivity index is 1.56. The van der Waals surface area contributed by atoms with Gasteiger partial charge in [-0.05, 0) is 31.3 Å². The van der Waals surface area contributed by atoms with Crippen LogP contribution in [0.2, 0.25) is 0 Å². The van der Waals surface area contributed by atoms with Crippen molar-refractivity contribution in [1.29, 1.82) is 0 Å². The monoisotopic (exact) mass is 325 g/mol. The van der Waals surface area contributed by atoms with Gasteiger partial charge in [0.15, 0.2) is 0 Å². The van der Waals surface area contributed by atoms with Crippen molar-refractivity contribution in [2.45, 2.75) is 6.67 Å². The highest BCUT2D eigenvalue weighted by atomic mass is 16.5. The van der Waals surface area contributed by atoms with E-state index in [9.17, 15) is 4.79 Å². The van der Waals surface area contributed by atoms with Crippen molar-refractivity contribution >= 4 is 0 Å². The van der Waals surface area contributed by atoms with Gasteiger partial charge < -0.3 is 9.15 Å². The van der Waals surface area contributed by atoms with Gasteiger partial charge in [0.25, 0.3) is 0 Å². The third-order valence-corrected chi connectivity index (χ3v) is 3.49. The van der Waals surface area contributed by atoms with Gasteiger partial charge in [0.1, 0.15) is 19.0 Å². The van der Waals surface area contributed by atoms with E-state index in [1.165, 1.54) is 4.68 Å². The highest BCUT2D eigenvalue weighted by molar-refractivity contribution is 5.51. The molecule has 0 saturated heterocycles. The first-order chi connectivity index (χ1) is 11.7. The highest BCUT2D eigenvalue weighted by Crippen LogP contribution is 2.14. The van der Waals surface area contributed by atoms with Crippen molar-refractivity contribution < 1.29 is 9.15 Å². The van der Waals surface area contributed by atoms with Crippen LogP contribution in [0.3, 0.4) is 0 Å². The molecule has 0 aliphatic heterocycles. The summed E-state index contributed by atoms with van der Waals surface area (Å²) in [7, 11) is 1.90. The molecule has 0 spiro atoms. The highest BCUT2D eigenvalue weighted by Gasteiger charge is 2.11. The zero-order valence-corrected chi connectivity index (χ0v) is 13.5. The van der Waals surface area contributed by atoms with Gasteiger partial charge in [-0.25, -0.2) is 4.79 Å². The predicted molar refractivity (Wildman–Crippen MR) is 90.8 cm³/mol. The molecular formula is C18H19N3O3. The number of likely N-dealkylation sites (N-methyl/N-ethyl adjacent to an activating group) is 1. The number of ether oxygens (including phenoxy) is 1. The van der Waals surface area contributed by atoms with Gasteiger partial charge in [-0.15, -0.1) is 5.10 Å². The van der Waals surface area contributed by atoms with E-state index in [1.807, 2.05) is 72.6 Å². The Morgan fingerprint density at radius 1 is 1.08 bits per heavy atom. The van der Waals surface area contributed by atoms with Gasteiger partial charge in [0.2, 0.25) is 5.89 Å². The number of rotatable bonds is 7. The maximum atomic E-state index is 11.9. The molecule has 124 valence electrons. The Morgan fingerprint density at radius 2 is 1.75 bits per heavy atom. The largest absolute Gasteiger partial charge is 0.492 e. The molecule has 0 bridgehead atoms. The van der Waals surface area contributed by atoms with Crippen LogP contribution in [0, 0.1) is 0 Å². The molecule has 0 aliphatic rings. The van der Waals surface area contributed by atoms with Gasteiger partial charge >= 0.3 is 5.76 Å². The van der Waals surface area contributed by atoms with Gasteiger partial charge in [0.05, 0.1) is 0 Å². The summed E-state index contributed by atoms with van der Waals surface area (Å²) in [6, 6.07) is 19.0. The Labute approximate surface area is 139 Å². The van der Waals surface area contributed by atoms with Crippen molar-refractivity contribution in [3.63, 3.8) is 0 Å². The molecule has 3 aromatic rings. The van der Waals surface area contributed by atoms with E-state index >= 15 is 0 Å². The third kappa shape index (κ3) is 4.11. The fourth-order valence-electron chi connectivity index (χ4n) is 2.23. The summed E-state index contributed by atoms with van der Waals surface area (Å²) in [6.45, 7) is 1.53. The van der Waals surface area contributed by atoms with E-state index < -0.39 is 5.76 Å². The minimum atomic E-state index is -0.468. The molecule has 1 aromatic heterocycles. The number of hydrogen-bond donors (Lipinski definition) is 0. The second kappa shape index (κ2) is 7.61. The normalized spacial score (nSPS) is 10.9. The summed E-state index contributed by atoms with van der Waals surface area (Å²) in [6.07, 6.45) is 0. The van der Waals surface area contributed by atoms with Gasteiger partial charge in [-0.3, -0.25) is 4.90 Å². The van der Waals surface area contributed by atoms with Crippen LogP contribution in [0.4, 0.5) is 0 Å². The Hall–Kier alpha value is -2.86. The van der Waals surface area contributed by atoms with Crippen LogP contribution >= 0.6 is 0 Å². The second-order valence-electron chi connectivity index (χ2n) is 5.42. The maximum Gasteiger partial charge on any atom is 0.438 e. The second-order valence-corrected chi connectivity index (χ2v) is 5.42. The molecule has 24 heavy (non-hydrogen) atoms. The first-order valence-corrected chi connectivity index (χ1v) is 7.72. The van der Waals surface area contributed by atoms with Gasteiger partial charge in [0, 0.05) is 12.1 Å². The van der Waals surface area contributed by atoms with Crippen LogP contribution in [0.25, 0.3) is 11.5 Å². The average Bonchev–Trinajstić information content (AvgIpc) is 2.97. The van der Waals surface area contributed by atoms with Gasteiger partial charge in [-0.2, -0.15) is 4.68 Å². The van der Waals surface area contributed by atoms with Crippen LogP contribution in [0.15, 0.2) is 69.9 Å². The molecule has 0 radical (unpaired) electrons. The lowest BCUT2D eigenvalue weighted by molar-refractivity contribution is 0.194. The summed E-state index contributed by atoms with van der Waals surface area (Å²) in [5.74, 6) is 0.690. The van der Waals surface area contributed by atoms with E-state index in [2.05, 4.69) is 5.10 Å². The molecule has 0 N–H and O–H groups in total. The smallest absolute Gasteiger partial charge is 0.438 e. The molecule has 0 atom stereocenters. The Kier molecular flexibility index (Phi) is 5.08. The molecule has 2 aromatic carbocycles. The van der Waals surface area contributed by atoms with E-state index in [0.29, 0.717) is 25.7 Å². The maximum absolute atomic E-state index is 11.9. The van der Waals surface area contributed by atoms with E-state index in [1.54, 1.807) is 0 Å². The van der Waals surface area contributed by atoms with Crippen LogP contribution in [-0.4, -0.2) is 34.9 Å². The van der Waals surface area contributed by atoms with Crippen molar-refractivity contribution in [3.8, 4) is 17.2 Å². The average molecular weight is 325 g/mol. The zero-order chi connectivity index (χ0) is 16.8. The molecule has 0 fully saturated rings.